The maximum absolute atomic E-state index is 5.54. The number of anilines is 1. The number of nitrogens with two attached hydrogens (primary N) is 1. The van der Waals surface area contributed by atoms with Crippen molar-refractivity contribution in [3.05, 3.63) is 23.4 Å². The molecule has 16 heavy (non-hydrogen) atoms. The highest BCUT2D eigenvalue weighted by molar-refractivity contribution is 5.46. The Morgan fingerprint density at radius 3 is 2.81 bits per heavy atom. The third-order valence-corrected chi connectivity index (χ3v) is 3.13. The first-order chi connectivity index (χ1) is 7.70. The largest absolute Gasteiger partial charge is 0.359 e. The SMILES string of the molecule is Cc1cc(CCN)cnc1N(C)CC1CC1. The number of hydrogen-bond acceptors (Lipinski definition) is 3. The van der Waals surface area contributed by atoms with Crippen LogP contribution in [0.4, 0.5) is 5.82 Å². The monoisotopic (exact) mass is 219 g/mol. The minimum atomic E-state index is 0.693. The first kappa shape index (κ1) is 11.4. The average Bonchev–Trinajstić information content (AvgIpc) is 3.02. The van der Waals surface area contributed by atoms with Gasteiger partial charge in [0.1, 0.15) is 5.82 Å². The van der Waals surface area contributed by atoms with E-state index in [1.807, 2.05) is 6.20 Å². The molecule has 0 bridgehead atoms. The molecular formula is C13H21N3. The highest BCUT2D eigenvalue weighted by atomic mass is 15.2. The second kappa shape index (κ2) is 4.83. The number of aromatic nitrogens is 1. The summed E-state index contributed by atoms with van der Waals surface area (Å²) in [6.45, 7) is 3.97. The molecular weight excluding hydrogens is 198 g/mol. The molecule has 0 amide bonds. The maximum Gasteiger partial charge on any atom is 0.131 e. The van der Waals surface area contributed by atoms with Crippen molar-refractivity contribution in [3.8, 4) is 0 Å². The van der Waals surface area contributed by atoms with Crippen molar-refractivity contribution >= 4 is 5.82 Å². The van der Waals surface area contributed by atoms with Crippen molar-refractivity contribution in [2.75, 3.05) is 25.0 Å². The predicted octanol–water partition coefficient (Wildman–Crippen LogP) is 1.74. The zero-order valence-corrected chi connectivity index (χ0v) is 10.2. The number of hydrogen-bond donors (Lipinski definition) is 1. The predicted molar refractivity (Wildman–Crippen MR) is 67.7 cm³/mol. The average molecular weight is 219 g/mol. The Balaban J connectivity index is 2.07. The molecule has 0 aliphatic heterocycles. The first-order valence-electron chi connectivity index (χ1n) is 6.07. The van der Waals surface area contributed by atoms with Crippen LogP contribution in [0.3, 0.4) is 0 Å². The van der Waals surface area contributed by atoms with E-state index in [-0.39, 0.29) is 0 Å². The van der Waals surface area contributed by atoms with Crippen LogP contribution in [0.2, 0.25) is 0 Å². The summed E-state index contributed by atoms with van der Waals surface area (Å²) in [6, 6.07) is 2.21. The summed E-state index contributed by atoms with van der Waals surface area (Å²) in [5.74, 6) is 2.02. The van der Waals surface area contributed by atoms with E-state index in [0.29, 0.717) is 6.54 Å². The van der Waals surface area contributed by atoms with E-state index in [4.69, 9.17) is 5.73 Å². The van der Waals surface area contributed by atoms with Crippen molar-refractivity contribution in [2.24, 2.45) is 11.7 Å². The molecule has 0 spiro atoms. The zero-order chi connectivity index (χ0) is 11.5. The normalized spacial score (nSPS) is 15.2. The molecule has 0 atom stereocenters. The molecule has 1 aliphatic rings. The minimum Gasteiger partial charge on any atom is -0.359 e. The molecule has 0 unspecified atom stereocenters. The lowest BCUT2D eigenvalue weighted by Gasteiger charge is -2.20. The van der Waals surface area contributed by atoms with Gasteiger partial charge in [-0.3, -0.25) is 0 Å². The molecule has 2 rings (SSSR count). The lowest BCUT2D eigenvalue weighted by atomic mass is 10.1. The van der Waals surface area contributed by atoms with Crippen molar-refractivity contribution in [2.45, 2.75) is 26.2 Å². The lowest BCUT2D eigenvalue weighted by molar-refractivity contribution is 0.773. The summed E-state index contributed by atoms with van der Waals surface area (Å²) < 4.78 is 0. The number of rotatable bonds is 5. The summed E-state index contributed by atoms with van der Waals surface area (Å²) in [7, 11) is 2.14. The van der Waals surface area contributed by atoms with Gasteiger partial charge >= 0.3 is 0 Å². The topological polar surface area (TPSA) is 42.1 Å². The molecule has 3 nitrogen and oxygen atoms in total. The third-order valence-electron chi connectivity index (χ3n) is 3.13. The lowest BCUT2D eigenvalue weighted by Crippen LogP contribution is -2.22. The van der Waals surface area contributed by atoms with Crippen molar-refractivity contribution in [3.63, 3.8) is 0 Å². The number of aryl methyl sites for hydroxylation is 1. The highest BCUT2D eigenvalue weighted by Gasteiger charge is 2.23. The summed E-state index contributed by atoms with van der Waals surface area (Å²) in [5, 5.41) is 0. The van der Waals surface area contributed by atoms with Gasteiger partial charge in [0.05, 0.1) is 0 Å². The van der Waals surface area contributed by atoms with Crippen LogP contribution in [0.25, 0.3) is 0 Å². The highest BCUT2D eigenvalue weighted by Crippen LogP contribution is 2.31. The fourth-order valence-corrected chi connectivity index (χ4v) is 2.10. The van der Waals surface area contributed by atoms with E-state index in [0.717, 1.165) is 24.7 Å². The Kier molecular flexibility index (Phi) is 3.44. The second-order valence-corrected chi connectivity index (χ2v) is 4.85. The number of nitrogens with zero attached hydrogens (tertiary/aromatic N) is 2. The summed E-state index contributed by atoms with van der Waals surface area (Å²) in [4.78, 5) is 6.82. The van der Waals surface area contributed by atoms with E-state index < -0.39 is 0 Å². The smallest absolute Gasteiger partial charge is 0.131 e. The van der Waals surface area contributed by atoms with Crippen LogP contribution in [0.1, 0.15) is 24.0 Å². The maximum atomic E-state index is 5.54. The Morgan fingerprint density at radius 1 is 1.50 bits per heavy atom. The van der Waals surface area contributed by atoms with Gasteiger partial charge in [-0.05, 0) is 49.8 Å². The van der Waals surface area contributed by atoms with Gasteiger partial charge in [0.25, 0.3) is 0 Å². The molecule has 1 heterocycles. The molecule has 1 saturated carbocycles. The van der Waals surface area contributed by atoms with Crippen molar-refractivity contribution in [1.29, 1.82) is 0 Å². The second-order valence-electron chi connectivity index (χ2n) is 4.85. The summed E-state index contributed by atoms with van der Waals surface area (Å²) in [5.41, 5.74) is 8.04. The van der Waals surface area contributed by atoms with Crippen LogP contribution in [0.5, 0.6) is 0 Å². The van der Waals surface area contributed by atoms with Crippen LogP contribution >= 0.6 is 0 Å². The van der Waals surface area contributed by atoms with Gasteiger partial charge in [0.15, 0.2) is 0 Å². The molecule has 0 saturated heterocycles. The molecule has 1 aromatic heterocycles. The van der Waals surface area contributed by atoms with Crippen molar-refractivity contribution < 1.29 is 0 Å². The fraction of sp³-hybridized carbons (Fsp3) is 0.615. The van der Waals surface area contributed by atoms with E-state index in [9.17, 15) is 0 Å². The Labute approximate surface area is 97.7 Å². The van der Waals surface area contributed by atoms with Gasteiger partial charge in [-0.25, -0.2) is 4.98 Å². The standard InChI is InChI=1S/C13H21N3/c1-10-7-12(5-6-14)8-15-13(10)16(2)9-11-3-4-11/h7-8,11H,3-6,9,14H2,1-2H3. The zero-order valence-electron chi connectivity index (χ0n) is 10.2. The van der Waals surface area contributed by atoms with Gasteiger partial charge in [0.2, 0.25) is 0 Å². The van der Waals surface area contributed by atoms with Gasteiger partial charge in [-0.1, -0.05) is 6.07 Å². The fourth-order valence-electron chi connectivity index (χ4n) is 2.10. The molecule has 1 aliphatic carbocycles. The number of pyridine rings is 1. The van der Waals surface area contributed by atoms with Gasteiger partial charge in [0, 0.05) is 19.8 Å². The molecule has 1 aromatic rings. The molecule has 2 N–H and O–H groups in total. The van der Waals surface area contributed by atoms with Crippen LogP contribution in [-0.2, 0) is 6.42 Å². The molecule has 0 radical (unpaired) electrons. The summed E-state index contributed by atoms with van der Waals surface area (Å²) >= 11 is 0. The minimum absolute atomic E-state index is 0.693. The van der Waals surface area contributed by atoms with Crippen LogP contribution < -0.4 is 10.6 Å². The quantitative estimate of drug-likeness (QED) is 0.820. The first-order valence-corrected chi connectivity index (χ1v) is 6.07. The van der Waals surface area contributed by atoms with Gasteiger partial charge in [-0.2, -0.15) is 0 Å². The van der Waals surface area contributed by atoms with Gasteiger partial charge in [-0.15, -0.1) is 0 Å². The Morgan fingerprint density at radius 2 is 2.25 bits per heavy atom. The van der Waals surface area contributed by atoms with Crippen LogP contribution in [0.15, 0.2) is 12.3 Å². The van der Waals surface area contributed by atoms with E-state index in [1.54, 1.807) is 0 Å². The summed E-state index contributed by atoms with van der Waals surface area (Å²) in [6.07, 6.45) is 5.64. The van der Waals surface area contributed by atoms with E-state index >= 15 is 0 Å². The van der Waals surface area contributed by atoms with E-state index in [1.165, 1.54) is 24.0 Å². The Hall–Kier alpha value is -1.09. The van der Waals surface area contributed by atoms with Crippen LogP contribution in [0, 0.1) is 12.8 Å². The van der Waals surface area contributed by atoms with Gasteiger partial charge < -0.3 is 10.6 Å². The van der Waals surface area contributed by atoms with Crippen molar-refractivity contribution in [1.82, 2.24) is 4.98 Å². The molecule has 0 aromatic carbocycles. The molecule has 88 valence electrons. The Bertz CT molecular complexity index is 358. The molecule has 3 heteroatoms. The van der Waals surface area contributed by atoms with E-state index in [2.05, 4.69) is 29.9 Å². The van der Waals surface area contributed by atoms with Crippen LogP contribution in [-0.4, -0.2) is 25.1 Å². The third kappa shape index (κ3) is 2.73. The molecule has 1 fully saturated rings.